The van der Waals surface area contributed by atoms with Crippen molar-refractivity contribution in [1.82, 2.24) is 4.90 Å². The molecule has 1 nitrogen and oxygen atoms in total. The van der Waals surface area contributed by atoms with Crippen molar-refractivity contribution in [3.63, 3.8) is 0 Å². The van der Waals surface area contributed by atoms with Crippen LogP contribution in [0, 0.1) is 0 Å². The lowest BCUT2D eigenvalue weighted by atomic mass is 10.1. The molecule has 0 fully saturated rings. The topological polar surface area (TPSA) is 3.24 Å². The molecule has 0 atom stereocenters. The summed E-state index contributed by atoms with van der Waals surface area (Å²) in [5.74, 6) is 0. The molecule has 0 saturated heterocycles. The lowest BCUT2D eigenvalue weighted by molar-refractivity contribution is 0.554. The minimum absolute atomic E-state index is 0.501. The molecule has 0 saturated carbocycles. The Morgan fingerprint density at radius 1 is 1.60 bits per heavy atom. The predicted octanol–water partition coefficient (Wildman–Crippen LogP) is 1.40. The van der Waals surface area contributed by atoms with Crippen LogP contribution in [0.5, 0.6) is 0 Å². The molecule has 1 heterocycles. The van der Waals surface area contributed by atoms with E-state index in [1.165, 1.54) is 5.57 Å². The van der Waals surface area contributed by atoms with Gasteiger partial charge in [0.05, 0.1) is 7.85 Å². The number of hydrogen-bond donors (Lipinski definition) is 0. The standard InChI is InChI=1S/C8H10BN/c1-7-3-4-8(2)10(5-7)6-9/h3-5H,2,6H2,1H3. The van der Waals surface area contributed by atoms with Crippen LogP contribution in [0.1, 0.15) is 6.92 Å². The highest BCUT2D eigenvalue weighted by atomic mass is 15.1. The van der Waals surface area contributed by atoms with E-state index >= 15 is 0 Å². The Balaban J connectivity index is 2.76. The summed E-state index contributed by atoms with van der Waals surface area (Å²) in [7, 11) is 5.44. The van der Waals surface area contributed by atoms with E-state index in [4.69, 9.17) is 7.85 Å². The molecule has 1 aliphatic rings. The van der Waals surface area contributed by atoms with Gasteiger partial charge in [-0.2, -0.15) is 0 Å². The van der Waals surface area contributed by atoms with Gasteiger partial charge in [0.25, 0.3) is 0 Å². The Hall–Kier alpha value is -0.915. The molecule has 0 aromatic carbocycles. The molecule has 1 rings (SSSR count). The van der Waals surface area contributed by atoms with Crippen molar-refractivity contribution in [3.05, 3.63) is 36.2 Å². The van der Waals surface area contributed by atoms with Crippen LogP contribution >= 0.6 is 0 Å². The second kappa shape index (κ2) is 2.78. The van der Waals surface area contributed by atoms with Gasteiger partial charge in [0.2, 0.25) is 0 Å². The van der Waals surface area contributed by atoms with Gasteiger partial charge < -0.3 is 4.90 Å². The highest BCUT2D eigenvalue weighted by molar-refractivity contribution is 6.09. The zero-order valence-electron chi connectivity index (χ0n) is 6.17. The average Bonchev–Trinajstić information content (AvgIpc) is 1.94. The lowest BCUT2D eigenvalue weighted by Gasteiger charge is -2.22. The fourth-order valence-corrected chi connectivity index (χ4v) is 0.865. The molecular weight excluding hydrogens is 121 g/mol. The highest BCUT2D eigenvalue weighted by Gasteiger charge is 2.02. The Morgan fingerprint density at radius 3 is 2.80 bits per heavy atom. The van der Waals surface area contributed by atoms with E-state index in [1.54, 1.807) is 0 Å². The van der Waals surface area contributed by atoms with Gasteiger partial charge in [0, 0.05) is 11.9 Å². The van der Waals surface area contributed by atoms with E-state index in [9.17, 15) is 0 Å². The second-order valence-electron chi connectivity index (χ2n) is 2.35. The van der Waals surface area contributed by atoms with E-state index < -0.39 is 0 Å². The molecular formula is C8H10BN. The number of nitrogens with zero attached hydrogens (tertiary/aromatic N) is 1. The Bertz CT molecular complexity index is 203. The maximum atomic E-state index is 5.44. The molecule has 1 aliphatic heterocycles. The van der Waals surface area contributed by atoms with E-state index in [0.717, 1.165) is 5.70 Å². The maximum Gasteiger partial charge on any atom is 0.0948 e. The van der Waals surface area contributed by atoms with Crippen molar-refractivity contribution in [3.8, 4) is 0 Å². The van der Waals surface area contributed by atoms with Gasteiger partial charge in [-0.25, -0.2) is 0 Å². The molecule has 0 amide bonds. The minimum Gasteiger partial charge on any atom is -0.357 e. The van der Waals surface area contributed by atoms with Gasteiger partial charge in [-0.1, -0.05) is 12.7 Å². The smallest absolute Gasteiger partial charge is 0.0948 e. The summed E-state index contributed by atoms with van der Waals surface area (Å²) in [5, 5.41) is 0. The van der Waals surface area contributed by atoms with Crippen LogP contribution in [0.3, 0.4) is 0 Å². The molecule has 0 aliphatic carbocycles. The second-order valence-corrected chi connectivity index (χ2v) is 2.35. The fraction of sp³-hybridized carbons (Fsp3) is 0.250. The summed E-state index contributed by atoms with van der Waals surface area (Å²) in [6.07, 6.45) is 6.47. The van der Waals surface area contributed by atoms with E-state index in [2.05, 4.69) is 6.58 Å². The van der Waals surface area contributed by atoms with Crippen LogP contribution < -0.4 is 0 Å². The third-order valence-corrected chi connectivity index (χ3v) is 1.46. The Kier molecular flexibility index (Phi) is 2.00. The molecule has 0 N–H and O–H groups in total. The molecule has 2 heteroatoms. The van der Waals surface area contributed by atoms with Gasteiger partial charge >= 0.3 is 0 Å². The van der Waals surface area contributed by atoms with E-state index in [1.807, 2.05) is 30.2 Å². The zero-order chi connectivity index (χ0) is 7.56. The van der Waals surface area contributed by atoms with Gasteiger partial charge in [0.1, 0.15) is 0 Å². The first kappa shape index (κ1) is 7.20. The molecule has 50 valence electrons. The van der Waals surface area contributed by atoms with Crippen LogP contribution in [-0.2, 0) is 0 Å². The summed E-state index contributed by atoms with van der Waals surface area (Å²) in [6.45, 7) is 5.85. The van der Waals surface area contributed by atoms with Crippen LogP contribution in [0.2, 0.25) is 0 Å². The van der Waals surface area contributed by atoms with Crippen LogP contribution in [0.4, 0.5) is 0 Å². The monoisotopic (exact) mass is 131 g/mol. The molecule has 0 bridgehead atoms. The summed E-state index contributed by atoms with van der Waals surface area (Å²) in [4.78, 5) is 1.91. The molecule has 0 aromatic heterocycles. The molecule has 0 spiro atoms. The van der Waals surface area contributed by atoms with Gasteiger partial charge in [-0.15, -0.1) is 0 Å². The van der Waals surface area contributed by atoms with Crippen molar-refractivity contribution >= 4 is 7.85 Å². The number of allylic oxidation sites excluding steroid dienone is 3. The van der Waals surface area contributed by atoms with Crippen LogP contribution in [0.15, 0.2) is 36.2 Å². The Labute approximate surface area is 63.1 Å². The molecule has 0 unspecified atom stereocenters. The van der Waals surface area contributed by atoms with E-state index in [-0.39, 0.29) is 0 Å². The third-order valence-electron chi connectivity index (χ3n) is 1.46. The van der Waals surface area contributed by atoms with Crippen LogP contribution in [0.25, 0.3) is 0 Å². The summed E-state index contributed by atoms with van der Waals surface area (Å²) in [5.41, 5.74) is 2.16. The first-order chi connectivity index (χ1) is 4.74. The van der Waals surface area contributed by atoms with Crippen LogP contribution in [-0.4, -0.2) is 19.2 Å². The largest absolute Gasteiger partial charge is 0.357 e. The SMILES string of the molecule is [B]CN1C=C(C)C=CC1=C. The fourth-order valence-electron chi connectivity index (χ4n) is 0.865. The zero-order valence-corrected chi connectivity index (χ0v) is 6.17. The summed E-state index contributed by atoms with van der Waals surface area (Å²) < 4.78 is 0. The number of rotatable bonds is 1. The maximum absolute atomic E-state index is 5.44. The minimum atomic E-state index is 0.501. The Morgan fingerprint density at radius 2 is 2.30 bits per heavy atom. The van der Waals surface area contributed by atoms with Crippen molar-refractivity contribution in [1.29, 1.82) is 0 Å². The van der Waals surface area contributed by atoms with Crippen molar-refractivity contribution < 1.29 is 0 Å². The summed E-state index contributed by atoms with van der Waals surface area (Å²) >= 11 is 0. The van der Waals surface area contributed by atoms with Gasteiger partial charge in [-0.05, 0) is 25.0 Å². The van der Waals surface area contributed by atoms with Crippen molar-refractivity contribution in [2.24, 2.45) is 0 Å². The first-order valence-corrected chi connectivity index (χ1v) is 3.26. The molecule has 10 heavy (non-hydrogen) atoms. The lowest BCUT2D eigenvalue weighted by Crippen LogP contribution is -2.18. The molecule has 0 aromatic rings. The predicted molar refractivity (Wildman–Crippen MR) is 44.5 cm³/mol. The normalized spacial score (nSPS) is 17.5. The third kappa shape index (κ3) is 1.32. The van der Waals surface area contributed by atoms with Crippen molar-refractivity contribution in [2.45, 2.75) is 6.92 Å². The number of hydrogen-bond acceptors (Lipinski definition) is 1. The summed E-state index contributed by atoms with van der Waals surface area (Å²) in [6, 6.07) is 0. The quantitative estimate of drug-likeness (QED) is 0.486. The van der Waals surface area contributed by atoms with E-state index in [0.29, 0.717) is 6.44 Å². The average molecular weight is 131 g/mol. The van der Waals surface area contributed by atoms with Gasteiger partial charge in [0.15, 0.2) is 0 Å². The van der Waals surface area contributed by atoms with Gasteiger partial charge in [-0.3, -0.25) is 0 Å². The molecule has 2 radical (unpaired) electrons. The first-order valence-electron chi connectivity index (χ1n) is 3.26. The van der Waals surface area contributed by atoms with Crippen molar-refractivity contribution in [2.75, 3.05) is 6.44 Å². The highest BCUT2D eigenvalue weighted by Crippen LogP contribution is 2.12.